The Hall–Kier alpha value is -1.46. The lowest BCUT2D eigenvalue weighted by Crippen LogP contribution is -2.36. The Balaban J connectivity index is 2.36. The largest absolute Gasteiger partial charge is 0.481 e. The average Bonchev–Trinajstić information content (AvgIpc) is 2.17. The van der Waals surface area contributed by atoms with Crippen LogP contribution in [0.4, 0.5) is 0 Å². The minimum atomic E-state index is -0.857. The normalized spacial score (nSPS) is 12.7. The van der Waals surface area contributed by atoms with Gasteiger partial charge in [0.15, 0.2) is 0 Å². The van der Waals surface area contributed by atoms with Crippen molar-refractivity contribution < 1.29 is 9.90 Å². The number of rotatable bonds is 6. The summed E-state index contributed by atoms with van der Waals surface area (Å²) in [7, 11) is 1.92. The van der Waals surface area contributed by atoms with E-state index in [-0.39, 0.29) is 12.5 Å². The van der Waals surface area contributed by atoms with Crippen LogP contribution in [0.15, 0.2) is 24.5 Å². The van der Waals surface area contributed by atoms with Crippen molar-refractivity contribution in [1.82, 2.24) is 9.88 Å². The molecule has 0 aliphatic heterocycles. The van der Waals surface area contributed by atoms with Crippen LogP contribution in [-0.4, -0.2) is 40.6 Å². The third-order valence-corrected chi connectivity index (χ3v) is 2.18. The maximum atomic E-state index is 10.4. The van der Waals surface area contributed by atoms with E-state index in [2.05, 4.69) is 4.98 Å². The summed E-state index contributed by atoms with van der Waals surface area (Å²) in [5.74, 6) is -0.857. The van der Waals surface area contributed by atoms with E-state index in [9.17, 15) is 4.79 Å². The third-order valence-electron chi connectivity index (χ3n) is 2.18. The van der Waals surface area contributed by atoms with Gasteiger partial charge in [-0.15, -0.1) is 0 Å². The number of aromatic nitrogens is 1. The molecular formula is C11H17N3O2. The first-order valence-corrected chi connectivity index (χ1v) is 5.12. The molecule has 0 spiro atoms. The van der Waals surface area contributed by atoms with Crippen LogP contribution in [-0.2, 0) is 11.3 Å². The number of carboxylic acid groups (broad SMARTS) is 1. The molecule has 0 saturated carbocycles. The van der Waals surface area contributed by atoms with Gasteiger partial charge >= 0.3 is 5.97 Å². The van der Waals surface area contributed by atoms with Crippen LogP contribution in [0.25, 0.3) is 0 Å². The first-order valence-electron chi connectivity index (χ1n) is 5.12. The highest BCUT2D eigenvalue weighted by molar-refractivity contribution is 5.67. The van der Waals surface area contributed by atoms with E-state index < -0.39 is 5.97 Å². The highest BCUT2D eigenvalue weighted by atomic mass is 16.4. The number of carbonyl (C=O) groups is 1. The van der Waals surface area contributed by atoms with Crippen LogP contribution in [0.1, 0.15) is 12.0 Å². The number of hydrogen-bond acceptors (Lipinski definition) is 4. The standard InChI is InChI=1S/C11H17N3O2/c1-14(8-10(12)6-11(15)16)7-9-2-4-13-5-3-9/h2-5,10H,6-8,12H2,1H3,(H,15,16). The fourth-order valence-corrected chi connectivity index (χ4v) is 1.55. The zero-order valence-electron chi connectivity index (χ0n) is 9.34. The van der Waals surface area contributed by atoms with Gasteiger partial charge < -0.3 is 15.7 Å². The van der Waals surface area contributed by atoms with E-state index in [1.165, 1.54) is 0 Å². The second-order valence-corrected chi connectivity index (χ2v) is 3.91. The molecule has 88 valence electrons. The molecule has 16 heavy (non-hydrogen) atoms. The van der Waals surface area contributed by atoms with E-state index >= 15 is 0 Å². The minimum Gasteiger partial charge on any atom is -0.481 e. The molecule has 3 N–H and O–H groups in total. The maximum Gasteiger partial charge on any atom is 0.304 e. The highest BCUT2D eigenvalue weighted by Gasteiger charge is 2.10. The Kier molecular flexibility index (Phi) is 4.88. The lowest BCUT2D eigenvalue weighted by molar-refractivity contribution is -0.137. The van der Waals surface area contributed by atoms with E-state index in [0.29, 0.717) is 6.54 Å². The Morgan fingerprint density at radius 3 is 2.75 bits per heavy atom. The van der Waals surface area contributed by atoms with Crippen LogP contribution in [0.2, 0.25) is 0 Å². The molecule has 0 aliphatic rings. The molecule has 1 aromatic heterocycles. The summed E-state index contributed by atoms with van der Waals surface area (Å²) >= 11 is 0. The van der Waals surface area contributed by atoms with E-state index in [0.717, 1.165) is 12.1 Å². The van der Waals surface area contributed by atoms with Crippen molar-refractivity contribution in [1.29, 1.82) is 0 Å². The molecule has 1 atom stereocenters. The predicted octanol–water partition coefficient (Wildman–Crippen LogP) is 0.315. The fourth-order valence-electron chi connectivity index (χ4n) is 1.55. The summed E-state index contributed by atoms with van der Waals surface area (Å²) in [6, 6.07) is 3.53. The Morgan fingerprint density at radius 1 is 1.56 bits per heavy atom. The number of nitrogens with two attached hydrogens (primary N) is 1. The first-order chi connectivity index (χ1) is 7.58. The Labute approximate surface area is 94.9 Å². The molecule has 5 nitrogen and oxygen atoms in total. The molecule has 0 bridgehead atoms. The molecule has 0 aromatic carbocycles. The minimum absolute atomic E-state index is 0.000680. The highest BCUT2D eigenvalue weighted by Crippen LogP contribution is 2.02. The molecule has 0 saturated heterocycles. The maximum absolute atomic E-state index is 10.4. The topological polar surface area (TPSA) is 79.5 Å². The van der Waals surface area contributed by atoms with Gasteiger partial charge in [-0.3, -0.25) is 9.78 Å². The van der Waals surface area contributed by atoms with Crippen molar-refractivity contribution in [3.8, 4) is 0 Å². The van der Waals surface area contributed by atoms with E-state index in [1.807, 2.05) is 24.1 Å². The predicted molar refractivity (Wildman–Crippen MR) is 60.8 cm³/mol. The second kappa shape index (κ2) is 6.19. The van der Waals surface area contributed by atoms with Crippen molar-refractivity contribution in [2.45, 2.75) is 19.0 Å². The Bertz CT molecular complexity index is 329. The number of aliphatic carboxylic acids is 1. The van der Waals surface area contributed by atoms with Gasteiger partial charge in [0.2, 0.25) is 0 Å². The van der Waals surface area contributed by atoms with Gasteiger partial charge in [-0.05, 0) is 24.7 Å². The van der Waals surface area contributed by atoms with Crippen LogP contribution in [0.5, 0.6) is 0 Å². The summed E-state index contributed by atoms with van der Waals surface area (Å²) in [6.07, 6.45) is 3.47. The van der Waals surface area contributed by atoms with Crippen LogP contribution < -0.4 is 5.73 Å². The monoisotopic (exact) mass is 223 g/mol. The van der Waals surface area contributed by atoms with Gasteiger partial charge in [-0.1, -0.05) is 0 Å². The smallest absolute Gasteiger partial charge is 0.304 e. The second-order valence-electron chi connectivity index (χ2n) is 3.91. The average molecular weight is 223 g/mol. The fraction of sp³-hybridized carbons (Fsp3) is 0.455. The van der Waals surface area contributed by atoms with Crippen LogP contribution >= 0.6 is 0 Å². The van der Waals surface area contributed by atoms with Gasteiger partial charge in [0.1, 0.15) is 0 Å². The molecule has 1 unspecified atom stereocenters. The summed E-state index contributed by atoms with van der Waals surface area (Å²) in [6.45, 7) is 1.31. The molecule has 0 amide bonds. The van der Waals surface area contributed by atoms with E-state index in [4.69, 9.17) is 10.8 Å². The summed E-state index contributed by atoms with van der Waals surface area (Å²) in [4.78, 5) is 16.4. The molecule has 1 aromatic rings. The van der Waals surface area contributed by atoms with Crippen molar-refractivity contribution in [2.24, 2.45) is 5.73 Å². The van der Waals surface area contributed by atoms with Crippen molar-refractivity contribution in [3.05, 3.63) is 30.1 Å². The number of nitrogens with zero attached hydrogens (tertiary/aromatic N) is 2. The number of carboxylic acids is 1. The van der Waals surface area contributed by atoms with Gasteiger partial charge in [-0.2, -0.15) is 0 Å². The molecular weight excluding hydrogens is 206 g/mol. The molecule has 0 aliphatic carbocycles. The SMILES string of the molecule is CN(Cc1ccncc1)CC(N)CC(=O)O. The van der Waals surface area contributed by atoms with Crippen molar-refractivity contribution >= 4 is 5.97 Å². The number of hydrogen-bond donors (Lipinski definition) is 2. The number of pyridine rings is 1. The van der Waals surface area contributed by atoms with Crippen molar-refractivity contribution in [3.63, 3.8) is 0 Å². The molecule has 1 rings (SSSR count). The molecule has 0 radical (unpaired) electrons. The molecule has 0 fully saturated rings. The third kappa shape index (κ3) is 4.86. The van der Waals surface area contributed by atoms with Crippen LogP contribution in [0.3, 0.4) is 0 Å². The van der Waals surface area contributed by atoms with Crippen LogP contribution in [0, 0.1) is 0 Å². The summed E-state index contributed by atoms with van der Waals surface area (Å²) in [5, 5.41) is 8.58. The van der Waals surface area contributed by atoms with Gasteiger partial charge in [-0.25, -0.2) is 0 Å². The summed E-state index contributed by atoms with van der Waals surface area (Å²) in [5.41, 5.74) is 6.83. The Morgan fingerprint density at radius 2 is 2.19 bits per heavy atom. The lowest BCUT2D eigenvalue weighted by Gasteiger charge is -2.20. The lowest BCUT2D eigenvalue weighted by atomic mass is 10.2. The van der Waals surface area contributed by atoms with Crippen molar-refractivity contribution in [2.75, 3.05) is 13.6 Å². The summed E-state index contributed by atoms with van der Waals surface area (Å²) < 4.78 is 0. The zero-order chi connectivity index (χ0) is 12.0. The number of likely N-dealkylation sites (N-methyl/N-ethyl adjacent to an activating group) is 1. The molecule has 5 heteroatoms. The first kappa shape index (κ1) is 12.6. The van der Waals surface area contributed by atoms with Gasteiger partial charge in [0.05, 0.1) is 6.42 Å². The quantitative estimate of drug-likeness (QED) is 0.726. The zero-order valence-corrected chi connectivity index (χ0v) is 9.34. The van der Waals surface area contributed by atoms with Gasteiger partial charge in [0, 0.05) is 31.5 Å². The van der Waals surface area contributed by atoms with Gasteiger partial charge in [0.25, 0.3) is 0 Å². The van der Waals surface area contributed by atoms with E-state index in [1.54, 1.807) is 12.4 Å². The molecule has 1 heterocycles.